The third-order valence-electron chi connectivity index (χ3n) is 2.94. The zero-order chi connectivity index (χ0) is 14.8. The Morgan fingerprint density at radius 3 is 2.35 bits per heavy atom. The molecule has 0 aliphatic carbocycles. The molecule has 0 fully saturated rings. The number of rotatable bonds is 4. The van der Waals surface area contributed by atoms with Gasteiger partial charge in [-0.15, -0.1) is 0 Å². The Morgan fingerprint density at radius 2 is 1.85 bits per heavy atom. The summed E-state index contributed by atoms with van der Waals surface area (Å²) in [5, 5.41) is 2.81. The number of carbonyl (C=O) groups is 1. The summed E-state index contributed by atoms with van der Waals surface area (Å²) in [4.78, 5) is 12.1. The van der Waals surface area contributed by atoms with E-state index in [-0.39, 0.29) is 16.8 Å². The van der Waals surface area contributed by atoms with Crippen molar-refractivity contribution in [2.45, 2.75) is 17.9 Å². The molecule has 0 saturated carbocycles. The van der Waals surface area contributed by atoms with E-state index in [1.54, 1.807) is 18.2 Å². The minimum absolute atomic E-state index is 0.231. The van der Waals surface area contributed by atoms with Gasteiger partial charge in [0.15, 0.2) is 9.84 Å². The summed E-state index contributed by atoms with van der Waals surface area (Å²) in [6.45, 7) is 1.83. The van der Waals surface area contributed by atoms with E-state index in [0.717, 1.165) is 11.8 Å². The average Bonchev–Trinajstić information content (AvgIpc) is 2.91. The van der Waals surface area contributed by atoms with Crippen molar-refractivity contribution in [3.05, 3.63) is 54.0 Å². The topological polar surface area (TPSA) is 76.4 Å². The van der Waals surface area contributed by atoms with E-state index in [4.69, 9.17) is 4.42 Å². The van der Waals surface area contributed by atoms with Gasteiger partial charge in [-0.2, -0.15) is 0 Å². The Bertz CT molecular complexity index is 687. The van der Waals surface area contributed by atoms with Crippen LogP contribution in [-0.4, -0.2) is 20.6 Å². The Labute approximate surface area is 117 Å². The largest absolute Gasteiger partial charge is 0.472 e. The molecule has 1 unspecified atom stereocenters. The Kier molecular flexibility index (Phi) is 3.94. The lowest BCUT2D eigenvalue weighted by atomic mass is 10.1. The van der Waals surface area contributed by atoms with E-state index < -0.39 is 9.84 Å². The van der Waals surface area contributed by atoms with Gasteiger partial charge in [-0.3, -0.25) is 4.79 Å². The Hall–Kier alpha value is -2.08. The molecule has 0 aliphatic rings. The highest BCUT2D eigenvalue weighted by Gasteiger charge is 2.13. The minimum Gasteiger partial charge on any atom is -0.472 e. The third kappa shape index (κ3) is 3.27. The molecule has 5 nitrogen and oxygen atoms in total. The maximum atomic E-state index is 11.8. The molecule has 1 heterocycles. The molecule has 1 aromatic heterocycles. The van der Waals surface area contributed by atoms with Crippen LogP contribution < -0.4 is 5.32 Å². The monoisotopic (exact) mass is 293 g/mol. The van der Waals surface area contributed by atoms with Crippen LogP contribution in [0.1, 0.15) is 28.9 Å². The fraction of sp³-hybridized carbons (Fsp3) is 0.214. The van der Waals surface area contributed by atoms with Crippen LogP contribution in [0.5, 0.6) is 0 Å². The number of benzene rings is 1. The van der Waals surface area contributed by atoms with Crippen molar-refractivity contribution < 1.29 is 17.6 Å². The van der Waals surface area contributed by atoms with Gasteiger partial charge in [-0.25, -0.2) is 8.42 Å². The fourth-order valence-corrected chi connectivity index (χ4v) is 2.39. The standard InChI is InChI=1S/C14H15NO4S/c1-10(15-14(16)12-7-8-19-9-12)11-3-5-13(6-4-11)20(2,17)18/h3-10H,1-2H3,(H,15,16). The maximum absolute atomic E-state index is 11.8. The first kappa shape index (κ1) is 14.3. The first-order chi connectivity index (χ1) is 9.38. The number of hydrogen-bond acceptors (Lipinski definition) is 4. The molecule has 1 N–H and O–H groups in total. The fourth-order valence-electron chi connectivity index (χ4n) is 1.76. The number of carbonyl (C=O) groups excluding carboxylic acids is 1. The molecule has 1 atom stereocenters. The van der Waals surface area contributed by atoms with Gasteiger partial charge in [0.05, 0.1) is 22.8 Å². The first-order valence-corrected chi connectivity index (χ1v) is 7.90. The first-order valence-electron chi connectivity index (χ1n) is 6.01. The second-order valence-electron chi connectivity index (χ2n) is 4.55. The molecule has 0 radical (unpaired) electrons. The number of amides is 1. The lowest BCUT2D eigenvalue weighted by Crippen LogP contribution is -2.26. The van der Waals surface area contributed by atoms with Crippen molar-refractivity contribution >= 4 is 15.7 Å². The van der Waals surface area contributed by atoms with Crippen LogP contribution in [0.2, 0.25) is 0 Å². The molecule has 1 amide bonds. The second kappa shape index (κ2) is 5.50. The van der Waals surface area contributed by atoms with Gasteiger partial charge in [0.1, 0.15) is 6.26 Å². The van der Waals surface area contributed by atoms with E-state index in [0.29, 0.717) is 5.56 Å². The summed E-state index contributed by atoms with van der Waals surface area (Å²) >= 11 is 0. The van der Waals surface area contributed by atoms with Gasteiger partial charge in [-0.1, -0.05) is 12.1 Å². The van der Waals surface area contributed by atoms with Crippen LogP contribution in [-0.2, 0) is 9.84 Å². The van der Waals surface area contributed by atoms with E-state index in [2.05, 4.69) is 5.32 Å². The summed E-state index contributed by atoms with van der Waals surface area (Å²) in [6.07, 6.45) is 3.96. The normalized spacial score (nSPS) is 12.9. The smallest absolute Gasteiger partial charge is 0.255 e. The molecule has 20 heavy (non-hydrogen) atoms. The van der Waals surface area contributed by atoms with Gasteiger partial charge < -0.3 is 9.73 Å². The summed E-state index contributed by atoms with van der Waals surface area (Å²) in [6, 6.07) is 7.80. The number of nitrogens with one attached hydrogen (secondary N) is 1. The van der Waals surface area contributed by atoms with Gasteiger partial charge in [-0.05, 0) is 30.7 Å². The van der Waals surface area contributed by atoms with Crippen LogP contribution >= 0.6 is 0 Å². The SMILES string of the molecule is CC(NC(=O)c1ccoc1)c1ccc(S(C)(=O)=O)cc1. The van der Waals surface area contributed by atoms with Crippen molar-refractivity contribution in [1.82, 2.24) is 5.32 Å². The van der Waals surface area contributed by atoms with Crippen LogP contribution in [0.3, 0.4) is 0 Å². The molecular weight excluding hydrogens is 278 g/mol. The molecule has 2 rings (SSSR count). The molecule has 0 bridgehead atoms. The van der Waals surface area contributed by atoms with Crippen LogP contribution in [0.25, 0.3) is 0 Å². The van der Waals surface area contributed by atoms with Crippen LogP contribution in [0.15, 0.2) is 52.2 Å². The zero-order valence-electron chi connectivity index (χ0n) is 11.2. The van der Waals surface area contributed by atoms with Gasteiger partial charge in [0.2, 0.25) is 0 Å². The summed E-state index contributed by atoms with van der Waals surface area (Å²) < 4.78 is 27.6. The molecule has 2 aromatic rings. The van der Waals surface area contributed by atoms with Gasteiger partial charge in [0, 0.05) is 6.26 Å². The van der Waals surface area contributed by atoms with Crippen LogP contribution in [0, 0.1) is 0 Å². The summed E-state index contributed by atoms with van der Waals surface area (Å²) in [5.41, 5.74) is 1.28. The Balaban J connectivity index is 2.10. The maximum Gasteiger partial charge on any atom is 0.255 e. The van der Waals surface area contributed by atoms with E-state index in [9.17, 15) is 13.2 Å². The van der Waals surface area contributed by atoms with Crippen molar-refractivity contribution in [2.24, 2.45) is 0 Å². The predicted molar refractivity (Wildman–Crippen MR) is 74.1 cm³/mol. The van der Waals surface area contributed by atoms with Crippen molar-refractivity contribution in [1.29, 1.82) is 0 Å². The lowest BCUT2D eigenvalue weighted by Gasteiger charge is -2.14. The van der Waals surface area contributed by atoms with Crippen molar-refractivity contribution in [2.75, 3.05) is 6.26 Å². The average molecular weight is 293 g/mol. The quantitative estimate of drug-likeness (QED) is 0.937. The van der Waals surface area contributed by atoms with Gasteiger partial charge in [0.25, 0.3) is 5.91 Å². The molecule has 1 aromatic carbocycles. The van der Waals surface area contributed by atoms with E-state index in [1.165, 1.54) is 24.7 Å². The zero-order valence-corrected chi connectivity index (χ0v) is 12.0. The number of furan rings is 1. The number of hydrogen-bond donors (Lipinski definition) is 1. The second-order valence-corrected chi connectivity index (χ2v) is 6.56. The van der Waals surface area contributed by atoms with Crippen molar-refractivity contribution in [3.63, 3.8) is 0 Å². The molecule has 106 valence electrons. The minimum atomic E-state index is -3.20. The number of sulfone groups is 1. The summed E-state index contributed by atoms with van der Waals surface area (Å²) in [7, 11) is -3.20. The van der Waals surface area contributed by atoms with E-state index in [1.807, 2.05) is 6.92 Å². The van der Waals surface area contributed by atoms with Crippen LogP contribution in [0.4, 0.5) is 0 Å². The highest BCUT2D eigenvalue weighted by Crippen LogP contribution is 2.16. The Morgan fingerprint density at radius 1 is 1.20 bits per heavy atom. The predicted octanol–water partition coefficient (Wildman–Crippen LogP) is 2.17. The third-order valence-corrected chi connectivity index (χ3v) is 4.07. The molecule has 6 heteroatoms. The molecule has 0 aliphatic heterocycles. The highest BCUT2D eigenvalue weighted by atomic mass is 32.2. The summed E-state index contributed by atoms with van der Waals surface area (Å²) in [5.74, 6) is -0.238. The van der Waals surface area contributed by atoms with E-state index >= 15 is 0 Å². The van der Waals surface area contributed by atoms with Crippen molar-refractivity contribution in [3.8, 4) is 0 Å². The van der Waals surface area contributed by atoms with Gasteiger partial charge >= 0.3 is 0 Å². The highest BCUT2D eigenvalue weighted by molar-refractivity contribution is 7.90. The molecule has 0 saturated heterocycles. The lowest BCUT2D eigenvalue weighted by molar-refractivity contribution is 0.0939. The molecule has 0 spiro atoms. The molecular formula is C14H15NO4S.